The molecule has 0 fully saturated rings. The number of benzene rings is 2. The highest BCUT2D eigenvalue weighted by Gasteiger charge is 2.31. The third-order valence-electron chi connectivity index (χ3n) is 4.03. The lowest BCUT2D eigenvalue weighted by Crippen LogP contribution is -2.39. The van der Waals surface area contributed by atoms with Crippen molar-refractivity contribution < 1.29 is 0 Å². The first-order valence-electron chi connectivity index (χ1n) is 7.74. The molecule has 0 aliphatic carbocycles. The van der Waals surface area contributed by atoms with Crippen LogP contribution >= 0.6 is 10.4 Å². The molecule has 122 valence electrons. The zero-order chi connectivity index (χ0) is 16.7. The van der Waals surface area contributed by atoms with Crippen molar-refractivity contribution >= 4 is 21.8 Å². The Kier molecular flexibility index (Phi) is 5.94. The molecule has 0 heterocycles. The second-order valence-corrected chi connectivity index (χ2v) is 8.75. The van der Waals surface area contributed by atoms with E-state index < -0.39 is 10.4 Å². The van der Waals surface area contributed by atoms with E-state index in [-0.39, 0.29) is 0 Å². The van der Waals surface area contributed by atoms with Gasteiger partial charge in [-0.1, -0.05) is 59.0 Å². The molecule has 0 amide bonds. The third-order valence-corrected chi connectivity index (χ3v) is 8.03. The SMILES string of the molecule is C=CCS(CC=C)(N(C)c1ccccc1)N(C)c1ccccc1. The molecule has 0 spiro atoms. The maximum atomic E-state index is 4.01. The van der Waals surface area contributed by atoms with Gasteiger partial charge in [0.25, 0.3) is 0 Å². The van der Waals surface area contributed by atoms with Crippen molar-refractivity contribution in [2.45, 2.75) is 0 Å². The van der Waals surface area contributed by atoms with Gasteiger partial charge in [0.1, 0.15) is 0 Å². The molecule has 0 unspecified atom stereocenters. The molecule has 0 aliphatic rings. The van der Waals surface area contributed by atoms with Crippen LogP contribution in [0.2, 0.25) is 0 Å². The molecule has 0 aromatic heterocycles. The van der Waals surface area contributed by atoms with E-state index in [9.17, 15) is 0 Å². The summed E-state index contributed by atoms with van der Waals surface area (Å²) in [5.41, 5.74) is 2.43. The first-order valence-corrected chi connectivity index (χ1v) is 9.62. The van der Waals surface area contributed by atoms with Crippen LogP contribution in [0, 0.1) is 0 Å². The molecule has 0 bridgehead atoms. The fraction of sp³-hybridized carbons (Fsp3) is 0.200. The molecule has 2 aromatic carbocycles. The summed E-state index contributed by atoms with van der Waals surface area (Å²) in [7, 11) is 3.03. The fourth-order valence-electron chi connectivity index (χ4n) is 2.74. The molecular weight excluding hydrogens is 300 g/mol. The Labute approximate surface area is 142 Å². The molecule has 2 aromatic rings. The van der Waals surface area contributed by atoms with Gasteiger partial charge in [0.2, 0.25) is 0 Å². The van der Waals surface area contributed by atoms with Gasteiger partial charge in [-0.25, -0.2) is 0 Å². The Morgan fingerprint density at radius 3 is 1.39 bits per heavy atom. The standard InChI is InChI=1S/C20H26N2S/c1-5-17-23(18-6-2,21(3)19-13-9-7-10-14-19)22(4)20-15-11-8-12-16-20/h5-16H,1-2,17-18H2,3-4H3. The van der Waals surface area contributed by atoms with E-state index in [1.165, 1.54) is 11.4 Å². The minimum Gasteiger partial charge on any atom is -0.321 e. The fourth-order valence-corrected chi connectivity index (χ4v) is 5.93. The molecule has 23 heavy (non-hydrogen) atoms. The number of hydrogen-bond donors (Lipinski definition) is 0. The summed E-state index contributed by atoms with van der Waals surface area (Å²) >= 11 is 0. The molecular formula is C20H26N2S. The summed E-state index contributed by atoms with van der Waals surface area (Å²) in [5, 5.41) is 0. The lowest BCUT2D eigenvalue weighted by molar-refractivity contribution is 1.23. The van der Waals surface area contributed by atoms with Gasteiger partial charge < -0.3 is 8.61 Å². The first kappa shape index (κ1) is 17.2. The Bertz CT molecular complexity index is 567. The van der Waals surface area contributed by atoms with Crippen molar-refractivity contribution in [3.05, 3.63) is 86.0 Å². The summed E-state index contributed by atoms with van der Waals surface area (Å²) in [4.78, 5) is 0. The zero-order valence-corrected chi connectivity index (χ0v) is 14.9. The van der Waals surface area contributed by atoms with Gasteiger partial charge in [0.15, 0.2) is 0 Å². The van der Waals surface area contributed by atoms with Crippen LogP contribution in [0.3, 0.4) is 0 Å². The third kappa shape index (κ3) is 3.62. The predicted molar refractivity (Wildman–Crippen MR) is 107 cm³/mol. The van der Waals surface area contributed by atoms with Crippen LogP contribution in [-0.4, -0.2) is 25.6 Å². The van der Waals surface area contributed by atoms with Crippen LogP contribution < -0.4 is 8.61 Å². The summed E-state index contributed by atoms with van der Waals surface area (Å²) in [6, 6.07) is 21.1. The molecule has 0 aliphatic heterocycles. The average Bonchev–Trinajstić information content (AvgIpc) is 2.61. The normalized spacial score (nSPS) is 11.6. The predicted octanol–water partition coefficient (Wildman–Crippen LogP) is 5.27. The number of nitrogens with zero attached hydrogens (tertiary/aromatic N) is 2. The van der Waals surface area contributed by atoms with Crippen LogP contribution in [0.1, 0.15) is 0 Å². The van der Waals surface area contributed by atoms with E-state index in [1.54, 1.807) is 0 Å². The number of anilines is 2. The van der Waals surface area contributed by atoms with Crippen molar-refractivity contribution in [2.75, 3.05) is 34.2 Å². The van der Waals surface area contributed by atoms with Crippen LogP contribution in [0.4, 0.5) is 11.4 Å². The Hall–Kier alpha value is -2.13. The second kappa shape index (κ2) is 7.93. The van der Waals surface area contributed by atoms with Gasteiger partial charge in [-0.2, -0.15) is 0 Å². The number of hydrogen-bond acceptors (Lipinski definition) is 2. The van der Waals surface area contributed by atoms with Crippen molar-refractivity contribution in [1.82, 2.24) is 0 Å². The maximum absolute atomic E-state index is 4.01. The van der Waals surface area contributed by atoms with E-state index in [2.05, 4.69) is 96.5 Å². The van der Waals surface area contributed by atoms with E-state index in [0.29, 0.717) is 0 Å². The first-order chi connectivity index (χ1) is 11.2. The molecule has 2 rings (SSSR count). The lowest BCUT2D eigenvalue weighted by atomic mass is 10.3. The monoisotopic (exact) mass is 326 g/mol. The minimum absolute atomic E-state index is 0.913. The Morgan fingerprint density at radius 1 is 0.739 bits per heavy atom. The Morgan fingerprint density at radius 2 is 1.09 bits per heavy atom. The summed E-state index contributed by atoms with van der Waals surface area (Å²) in [6.45, 7) is 8.03. The van der Waals surface area contributed by atoms with Crippen molar-refractivity contribution in [2.24, 2.45) is 0 Å². The lowest BCUT2D eigenvalue weighted by Gasteiger charge is -2.54. The van der Waals surface area contributed by atoms with E-state index in [0.717, 1.165) is 11.5 Å². The second-order valence-electron chi connectivity index (χ2n) is 5.38. The molecule has 0 N–H and O–H groups in total. The van der Waals surface area contributed by atoms with Crippen molar-refractivity contribution in [3.63, 3.8) is 0 Å². The molecule has 0 atom stereocenters. The van der Waals surface area contributed by atoms with E-state index >= 15 is 0 Å². The van der Waals surface area contributed by atoms with Crippen LogP contribution in [0.25, 0.3) is 0 Å². The van der Waals surface area contributed by atoms with Crippen molar-refractivity contribution in [3.8, 4) is 0 Å². The maximum Gasteiger partial charge on any atom is 0.0466 e. The quantitative estimate of drug-likeness (QED) is 0.610. The topological polar surface area (TPSA) is 6.48 Å². The largest absolute Gasteiger partial charge is 0.321 e. The molecule has 2 nitrogen and oxygen atoms in total. The van der Waals surface area contributed by atoms with Gasteiger partial charge in [0.05, 0.1) is 0 Å². The highest BCUT2D eigenvalue weighted by molar-refractivity contribution is 8.35. The van der Waals surface area contributed by atoms with Crippen molar-refractivity contribution in [1.29, 1.82) is 0 Å². The molecule has 0 radical (unpaired) electrons. The average molecular weight is 327 g/mol. The van der Waals surface area contributed by atoms with Crippen LogP contribution in [0.15, 0.2) is 86.0 Å². The summed E-state index contributed by atoms with van der Waals surface area (Å²) in [5.74, 6) is 1.83. The highest BCUT2D eigenvalue weighted by Crippen LogP contribution is 2.56. The molecule has 0 saturated heterocycles. The Balaban J connectivity index is 2.50. The van der Waals surface area contributed by atoms with Gasteiger partial charge in [-0.15, -0.1) is 13.2 Å². The number of para-hydroxylation sites is 2. The zero-order valence-electron chi connectivity index (χ0n) is 14.1. The van der Waals surface area contributed by atoms with E-state index in [4.69, 9.17) is 0 Å². The van der Waals surface area contributed by atoms with E-state index in [1.807, 2.05) is 12.2 Å². The van der Waals surface area contributed by atoms with Gasteiger partial charge in [-0.05, 0) is 24.3 Å². The molecule has 0 saturated carbocycles. The summed E-state index contributed by atoms with van der Waals surface area (Å²) in [6.07, 6.45) is 4.05. The molecule has 3 heteroatoms. The highest BCUT2D eigenvalue weighted by atomic mass is 32.3. The van der Waals surface area contributed by atoms with Gasteiger partial charge >= 0.3 is 0 Å². The number of rotatable bonds is 8. The smallest absolute Gasteiger partial charge is 0.0466 e. The summed E-state index contributed by atoms with van der Waals surface area (Å²) < 4.78 is 4.81. The van der Waals surface area contributed by atoms with Crippen LogP contribution in [-0.2, 0) is 0 Å². The van der Waals surface area contributed by atoms with Crippen LogP contribution in [0.5, 0.6) is 0 Å². The minimum atomic E-state index is -1.33. The van der Waals surface area contributed by atoms with Gasteiger partial charge in [-0.3, -0.25) is 0 Å². The van der Waals surface area contributed by atoms with Gasteiger partial charge in [0, 0.05) is 37.0 Å².